The summed E-state index contributed by atoms with van der Waals surface area (Å²) in [5, 5.41) is 0. The third kappa shape index (κ3) is 3.16. The molecule has 1 fully saturated rings. The van der Waals surface area contributed by atoms with Crippen LogP contribution in [-0.2, 0) is 10.0 Å². The molecule has 0 aromatic carbocycles. The predicted octanol–water partition coefficient (Wildman–Crippen LogP) is 0.641. The monoisotopic (exact) mass is 234 g/mol. The van der Waals surface area contributed by atoms with Crippen molar-refractivity contribution in [2.45, 2.75) is 33.2 Å². The molecule has 1 aliphatic rings. The van der Waals surface area contributed by atoms with E-state index in [0.717, 1.165) is 6.42 Å². The maximum absolute atomic E-state index is 11.8. The number of rotatable bonds is 4. The predicted molar refractivity (Wildman–Crippen MR) is 62.0 cm³/mol. The molecule has 1 aliphatic heterocycles. The maximum Gasteiger partial charge on any atom is 0.214 e. The van der Waals surface area contributed by atoms with Crippen LogP contribution in [0.15, 0.2) is 0 Å². The largest absolute Gasteiger partial charge is 0.329 e. The quantitative estimate of drug-likeness (QED) is 0.776. The molecule has 0 aliphatic carbocycles. The molecule has 2 atom stereocenters. The van der Waals surface area contributed by atoms with Crippen molar-refractivity contribution in [1.29, 1.82) is 0 Å². The van der Waals surface area contributed by atoms with Gasteiger partial charge in [0.2, 0.25) is 10.0 Å². The zero-order chi connectivity index (χ0) is 11.6. The van der Waals surface area contributed by atoms with E-state index < -0.39 is 10.0 Å². The van der Waals surface area contributed by atoms with Gasteiger partial charge < -0.3 is 5.73 Å². The van der Waals surface area contributed by atoms with Crippen molar-refractivity contribution >= 4 is 10.0 Å². The van der Waals surface area contributed by atoms with Gasteiger partial charge in [-0.15, -0.1) is 0 Å². The molecule has 0 bridgehead atoms. The number of hydrogen-bond acceptors (Lipinski definition) is 3. The smallest absolute Gasteiger partial charge is 0.214 e. The molecule has 1 saturated heterocycles. The molecular weight excluding hydrogens is 212 g/mol. The van der Waals surface area contributed by atoms with E-state index in [4.69, 9.17) is 5.73 Å². The summed E-state index contributed by atoms with van der Waals surface area (Å²) in [5.41, 5.74) is 5.66. The minimum atomic E-state index is -3.04. The normalized spacial score (nSPS) is 28.5. The van der Waals surface area contributed by atoms with Crippen LogP contribution in [-0.4, -0.2) is 37.6 Å². The molecule has 90 valence electrons. The first-order valence-electron chi connectivity index (χ1n) is 5.56. The fourth-order valence-electron chi connectivity index (χ4n) is 2.18. The first-order valence-corrected chi connectivity index (χ1v) is 7.17. The lowest BCUT2D eigenvalue weighted by Gasteiger charge is -2.26. The maximum atomic E-state index is 11.8. The molecule has 0 aromatic rings. The average molecular weight is 234 g/mol. The highest BCUT2D eigenvalue weighted by atomic mass is 32.2. The second-order valence-corrected chi connectivity index (χ2v) is 6.94. The van der Waals surface area contributed by atoms with Crippen molar-refractivity contribution in [3.63, 3.8) is 0 Å². The Labute approximate surface area is 92.9 Å². The number of nitrogens with two attached hydrogens (primary N) is 1. The molecule has 0 aromatic heterocycles. The van der Waals surface area contributed by atoms with E-state index in [1.807, 2.05) is 6.92 Å². The second kappa shape index (κ2) is 4.80. The standard InChI is InChI=1S/C10H22N2O2S/c1-8(2)4-10(5-11)12-6-9(3)7-15(12,13)14/h8-10H,4-7,11H2,1-3H3. The summed E-state index contributed by atoms with van der Waals surface area (Å²) in [4.78, 5) is 0. The fraction of sp³-hybridized carbons (Fsp3) is 1.00. The number of nitrogens with zero attached hydrogens (tertiary/aromatic N) is 1. The minimum absolute atomic E-state index is 0.0139. The van der Waals surface area contributed by atoms with Crippen molar-refractivity contribution in [1.82, 2.24) is 4.31 Å². The van der Waals surface area contributed by atoms with E-state index in [1.54, 1.807) is 4.31 Å². The summed E-state index contributed by atoms with van der Waals surface area (Å²) in [5.74, 6) is 0.988. The van der Waals surface area contributed by atoms with Gasteiger partial charge in [0.25, 0.3) is 0 Å². The van der Waals surface area contributed by atoms with Crippen LogP contribution in [0.2, 0.25) is 0 Å². The van der Waals surface area contributed by atoms with Crippen LogP contribution in [0.1, 0.15) is 27.2 Å². The summed E-state index contributed by atoms with van der Waals surface area (Å²) < 4.78 is 25.3. The first-order chi connectivity index (χ1) is 6.86. The van der Waals surface area contributed by atoms with Crippen LogP contribution in [0, 0.1) is 11.8 Å². The summed E-state index contributed by atoms with van der Waals surface area (Å²) >= 11 is 0. The van der Waals surface area contributed by atoms with Gasteiger partial charge in [-0.2, -0.15) is 4.31 Å². The van der Waals surface area contributed by atoms with Crippen LogP contribution < -0.4 is 5.73 Å². The average Bonchev–Trinajstić information content (AvgIpc) is 2.35. The number of hydrogen-bond donors (Lipinski definition) is 1. The molecule has 5 heteroatoms. The van der Waals surface area contributed by atoms with Crippen LogP contribution in [0.4, 0.5) is 0 Å². The molecule has 4 nitrogen and oxygen atoms in total. The summed E-state index contributed by atoms with van der Waals surface area (Å²) in [6.07, 6.45) is 0.850. The van der Waals surface area contributed by atoms with Gasteiger partial charge in [0.15, 0.2) is 0 Å². The van der Waals surface area contributed by atoms with Crippen molar-refractivity contribution in [2.24, 2.45) is 17.6 Å². The molecule has 15 heavy (non-hydrogen) atoms. The van der Waals surface area contributed by atoms with Gasteiger partial charge >= 0.3 is 0 Å². The Kier molecular flexibility index (Phi) is 4.14. The van der Waals surface area contributed by atoms with Crippen molar-refractivity contribution in [3.05, 3.63) is 0 Å². The zero-order valence-electron chi connectivity index (χ0n) is 9.81. The lowest BCUT2D eigenvalue weighted by Crippen LogP contribution is -2.42. The van der Waals surface area contributed by atoms with Gasteiger partial charge in [0.1, 0.15) is 0 Å². The second-order valence-electron chi connectivity index (χ2n) is 4.97. The summed E-state index contributed by atoms with van der Waals surface area (Å²) in [7, 11) is -3.04. The molecule has 0 amide bonds. The Balaban J connectivity index is 2.76. The highest BCUT2D eigenvalue weighted by Crippen LogP contribution is 2.24. The number of sulfonamides is 1. The Morgan fingerprint density at radius 1 is 1.47 bits per heavy atom. The van der Waals surface area contributed by atoms with E-state index in [9.17, 15) is 8.42 Å². The van der Waals surface area contributed by atoms with Gasteiger partial charge in [-0.25, -0.2) is 8.42 Å². The lowest BCUT2D eigenvalue weighted by molar-refractivity contribution is 0.287. The third-order valence-electron chi connectivity index (χ3n) is 2.77. The van der Waals surface area contributed by atoms with Gasteiger partial charge in [-0.3, -0.25) is 0 Å². The zero-order valence-corrected chi connectivity index (χ0v) is 10.6. The van der Waals surface area contributed by atoms with Crippen LogP contribution >= 0.6 is 0 Å². The van der Waals surface area contributed by atoms with Crippen LogP contribution in [0.3, 0.4) is 0 Å². The third-order valence-corrected chi connectivity index (χ3v) is 4.92. The van der Waals surface area contributed by atoms with Gasteiger partial charge in [0, 0.05) is 19.1 Å². The van der Waals surface area contributed by atoms with Gasteiger partial charge in [-0.05, 0) is 18.3 Å². The molecule has 1 rings (SSSR count). The fourth-order valence-corrected chi connectivity index (χ4v) is 4.30. The van der Waals surface area contributed by atoms with Gasteiger partial charge in [0.05, 0.1) is 5.75 Å². The Morgan fingerprint density at radius 3 is 2.40 bits per heavy atom. The highest BCUT2D eigenvalue weighted by molar-refractivity contribution is 7.89. The summed E-state index contributed by atoms with van der Waals surface area (Å²) in [6.45, 7) is 7.21. The Morgan fingerprint density at radius 2 is 2.07 bits per heavy atom. The molecule has 0 saturated carbocycles. The van der Waals surface area contributed by atoms with Crippen molar-refractivity contribution < 1.29 is 8.42 Å². The topological polar surface area (TPSA) is 63.4 Å². The first kappa shape index (κ1) is 12.9. The van der Waals surface area contributed by atoms with Crippen molar-refractivity contribution in [2.75, 3.05) is 18.8 Å². The molecule has 0 radical (unpaired) electrons. The van der Waals surface area contributed by atoms with Crippen LogP contribution in [0.25, 0.3) is 0 Å². The molecular formula is C10H22N2O2S. The van der Waals surface area contributed by atoms with E-state index in [2.05, 4.69) is 13.8 Å². The minimum Gasteiger partial charge on any atom is -0.329 e. The Bertz CT molecular complexity index is 301. The SMILES string of the molecule is CC(C)CC(CN)N1CC(C)CS1(=O)=O. The molecule has 1 heterocycles. The van der Waals surface area contributed by atoms with E-state index in [0.29, 0.717) is 19.0 Å². The van der Waals surface area contributed by atoms with Gasteiger partial charge in [-0.1, -0.05) is 20.8 Å². The Hall–Kier alpha value is -0.130. The van der Waals surface area contributed by atoms with E-state index in [-0.39, 0.29) is 17.7 Å². The summed E-state index contributed by atoms with van der Waals surface area (Å²) in [6, 6.07) is -0.0139. The highest BCUT2D eigenvalue weighted by Gasteiger charge is 2.37. The molecule has 2 N–H and O–H groups in total. The van der Waals surface area contributed by atoms with E-state index >= 15 is 0 Å². The molecule has 2 unspecified atom stereocenters. The lowest BCUT2D eigenvalue weighted by atomic mass is 10.0. The van der Waals surface area contributed by atoms with E-state index in [1.165, 1.54) is 0 Å². The molecule has 0 spiro atoms. The van der Waals surface area contributed by atoms with Crippen LogP contribution in [0.5, 0.6) is 0 Å². The van der Waals surface area contributed by atoms with Crippen molar-refractivity contribution in [3.8, 4) is 0 Å².